The Bertz CT molecular complexity index is 551. The summed E-state index contributed by atoms with van der Waals surface area (Å²) in [7, 11) is -2.10. The number of hydrogen-bond acceptors (Lipinski definition) is 3. The fraction of sp³-hybridized carbons (Fsp3) is 0.455. The van der Waals surface area contributed by atoms with Gasteiger partial charge in [0.2, 0.25) is 10.0 Å². The van der Waals surface area contributed by atoms with Crippen LogP contribution in [0.1, 0.15) is 5.56 Å². The van der Waals surface area contributed by atoms with Crippen molar-refractivity contribution in [1.82, 2.24) is 4.72 Å². The maximum atomic E-state index is 12.2. The van der Waals surface area contributed by atoms with Gasteiger partial charge in [0.1, 0.15) is 0 Å². The van der Waals surface area contributed by atoms with Crippen LogP contribution in [0.2, 0.25) is 0 Å². The van der Waals surface area contributed by atoms with Gasteiger partial charge in [-0.1, -0.05) is 15.9 Å². The first kappa shape index (κ1) is 17.4. The Morgan fingerprint density at radius 1 is 1.37 bits per heavy atom. The minimum atomic E-state index is -3.61. The maximum Gasteiger partial charge on any atom is 0.241 e. The third kappa shape index (κ3) is 4.99. The highest BCUT2D eigenvalue weighted by molar-refractivity contribution is 9.11. The van der Waals surface area contributed by atoms with E-state index in [1.54, 1.807) is 12.1 Å². The largest absolute Gasteiger partial charge is 0.383 e. The molecule has 0 radical (unpaired) electrons. The first-order valence-corrected chi connectivity index (χ1v) is 8.87. The van der Waals surface area contributed by atoms with Crippen LogP contribution < -0.4 is 4.72 Å². The quantitative estimate of drug-likeness (QED) is 0.699. The van der Waals surface area contributed by atoms with Gasteiger partial charge in [0.15, 0.2) is 0 Å². The number of ether oxygens (including phenoxy) is 1. The SMILES string of the molecule is COCC(Cl)CNS(=O)(=O)c1cc(Br)c(C)cc1Br. The molecule has 0 saturated heterocycles. The van der Waals surface area contributed by atoms with E-state index in [1.165, 1.54) is 7.11 Å². The molecule has 108 valence electrons. The van der Waals surface area contributed by atoms with Crippen molar-refractivity contribution in [3.8, 4) is 0 Å². The summed E-state index contributed by atoms with van der Waals surface area (Å²) in [6.07, 6.45) is 0. The van der Waals surface area contributed by atoms with Crippen molar-refractivity contribution in [2.45, 2.75) is 17.2 Å². The Hall–Kier alpha value is 0.340. The number of benzene rings is 1. The number of hydrogen-bond donors (Lipinski definition) is 1. The third-order valence-electron chi connectivity index (χ3n) is 2.35. The van der Waals surface area contributed by atoms with Crippen molar-refractivity contribution in [3.05, 3.63) is 26.6 Å². The van der Waals surface area contributed by atoms with Gasteiger partial charge in [-0.3, -0.25) is 0 Å². The monoisotopic (exact) mass is 433 g/mol. The zero-order valence-corrected chi connectivity index (χ0v) is 15.2. The van der Waals surface area contributed by atoms with E-state index < -0.39 is 15.4 Å². The van der Waals surface area contributed by atoms with Gasteiger partial charge in [-0.25, -0.2) is 13.1 Å². The van der Waals surface area contributed by atoms with Crippen LogP contribution in [0.5, 0.6) is 0 Å². The number of sulfonamides is 1. The molecule has 0 amide bonds. The van der Waals surface area contributed by atoms with Gasteiger partial charge < -0.3 is 4.74 Å². The summed E-state index contributed by atoms with van der Waals surface area (Å²) in [6, 6.07) is 3.30. The number of methoxy groups -OCH3 is 1. The van der Waals surface area contributed by atoms with Gasteiger partial charge >= 0.3 is 0 Å². The molecule has 0 saturated carbocycles. The predicted octanol–water partition coefficient (Wildman–Crippen LogP) is 3.05. The van der Waals surface area contributed by atoms with Gasteiger partial charge in [0, 0.05) is 22.6 Å². The zero-order valence-electron chi connectivity index (χ0n) is 10.4. The molecule has 4 nitrogen and oxygen atoms in total. The molecule has 0 aliphatic rings. The normalized spacial score (nSPS) is 13.5. The molecule has 1 aromatic carbocycles. The third-order valence-corrected chi connectivity index (χ3v) is 5.86. The van der Waals surface area contributed by atoms with Crippen LogP contribution in [0.25, 0.3) is 0 Å². The topological polar surface area (TPSA) is 55.4 Å². The van der Waals surface area contributed by atoms with E-state index in [2.05, 4.69) is 36.6 Å². The second-order valence-electron chi connectivity index (χ2n) is 3.94. The molecule has 1 rings (SSSR count). The smallest absolute Gasteiger partial charge is 0.241 e. The molecule has 0 heterocycles. The molecule has 1 atom stereocenters. The Kier molecular flexibility index (Phi) is 6.75. The number of aryl methyl sites for hydroxylation is 1. The van der Waals surface area contributed by atoms with Crippen molar-refractivity contribution >= 4 is 53.5 Å². The molecule has 0 aromatic heterocycles. The van der Waals surface area contributed by atoms with E-state index in [9.17, 15) is 8.42 Å². The highest BCUT2D eigenvalue weighted by atomic mass is 79.9. The average molecular weight is 436 g/mol. The lowest BCUT2D eigenvalue weighted by Gasteiger charge is -2.12. The first-order chi connectivity index (χ1) is 8.77. The van der Waals surface area contributed by atoms with E-state index in [4.69, 9.17) is 16.3 Å². The fourth-order valence-corrected chi connectivity index (χ4v) is 4.40. The summed E-state index contributed by atoms with van der Waals surface area (Å²) in [5, 5.41) is -0.410. The van der Waals surface area contributed by atoms with Crippen LogP contribution >= 0.6 is 43.5 Å². The molecule has 1 aromatic rings. The maximum absolute atomic E-state index is 12.2. The van der Waals surface area contributed by atoms with Crippen molar-refractivity contribution in [2.75, 3.05) is 20.3 Å². The van der Waals surface area contributed by atoms with Crippen LogP contribution in [0, 0.1) is 6.92 Å². The molecule has 1 unspecified atom stereocenters. The van der Waals surface area contributed by atoms with Gasteiger partial charge in [-0.15, -0.1) is 11.6 Å². The van der Waals surface area contributed by atoms with Gasteiger partial charge in [-0.2, -0.15) is 0 Å². The van der Waals surface area contributed by atoms with Crippen molar-refractivity contribution in [2.24, 2.45) is 0 Å². The number of rotatable bonds is 6. The summed E-state index contributed by atoms with van der Waals surface area (Å²) in [4.78, 5) is 0.172. The minimum Gasteiger partial charge on any atom is -0.383 e. The molecule has 0 fully saturated rings. The lowest BCUT2D eigenvalue weighted by atomic mass is 10.2. The second kappa shape index (κ2) is 7.38. The van der Waals surface area contributed by atoms with E-state index in [0.717, 1.165) is 10.0 Å². The highest BCUT2D eigenvalue weighted by Crippen LogP contribution is 2.28. The highest BCUT2D eigenvalue weighted by Gasteiger charge is 2.20. The van der Waals surface area contributed by atoms with Crippen LogP contribution in [-0.4, -0.2) is 34.1 Å². The predicted molar refractivity (Wildman–Crippen MR) is 83.3 cm³/mol. The Morgan fingerprint density at radius 2 is 2.00 bits per heavy atom. The molecule has 1 N–H and O–H groups in total. The zero-order chi connectivity index (χ0) is 14.6. The molecule has 19 heavy (non-hydrogen) atoms. The van der Waals surface area contributed by atoms with Crippen LogP contribution in [0.3, 0.4) is 0 Å². The van der Waals surface area contributed by atoms with Crippen LogP contribution in [-0.2, 0) is 14.8 Å². The first-order valence-electron chi connectivity index (χ1n) is 5.36. The summed E-state index contributed by atoms with van der Waals surface area (Å²) < 4.78 is 32.9. The summed E-state index contributed by atoms with van der Waals surface area (Å²) in [5.74, 6) is 0. The Labute approximate surface area is 135 Å². The molecular formula is C11H14Br2ClNO3S. The number of halogens is 3. The summed E-state index contributed by atoms with van der Waals surface area (Å²) >= 11 is 12.5. The van der Waals surface area contributed by atoms with E-state index in [-0.39, 0.29) is 18.0 Å². The average Bonchev–Trinajstić information content (AvgIpc) is 2.31. The fourth-order valence-electron chi connectivity index (χ4n) is 1.35. The van der Waals surface area contributed by atoms with E-state index in [1.807, 2.05) is 6.92 Å². The molecule has 0 bridgehead atoms. The standard InChI is InChI=1S/C11H14Br2ClNO3S/c1-7-3-10(13)11(4-9(7)12)19(16,17)15-5-8(14)6-18-2/h3-4,8,15H,5-6H2,1-2H3. The van der Waals surface area contributed by atoms with Crippen molar-refractivity contribution in [3.63, 3.8) is 0 Å². The molecular weight excluding hydrogens is 421 g/mol. The molecule has 0 aliphatic carbocycles. The Balaban J connectivity index is 2.92. The molecule has 8 heteroatoms. The van der Waals surface area contributed by atoms with E-state index in [0.29, 0.717) is 4.47 Å². The summed E-state index contributed by atoms with van der Waals surface area (Å²) in [5.41, 5.74) is 0.945. The van der Waals surface area contributed by atoms with Crippen molar-refractivity contribution < 1.29 is 13.2 Å². The lowest BCUT2D eigenvalue weighted by Crippen LogP contribution is -2.32. The van der Waals surface area contributed by atoms with Crippen LogP contribution in [0.15, 0.2) is 26.0 Å². The van der Waals surface area contributed by atoms with Gasteiger partial charge in [0.25, 0.3) is 0 Å². The van der Waals surface area contributed by atoms with Gasteiger partial charge in [-0.05, 0) is 40.5 Å². The van der Waals surface area contributed by atoms with E-state index >= 15 is 0 Å². The molecule has 0 spiro atoms. The second-order valence-corrected chi connectivity index (χ2v) is 8.00. The lowest BCUT2D eigenvalue weighted by molar-refractivity contribution is 0.198. The van der Waals surface area contributed by atoms with Crippen molar-refractivity contribution in [1.29, 1.82) is 0 Å². The molecule has 0 aliphatic heterocycles. The summed E-state index contributed by atoms with van der Waals surface area (Å²) in [6.45, 7) is 2.27. The van der Waals surface area contributed by atoms with Crippen LogP contribution in [0.4, 0.5) is 0 Å². The van der Waals surface area contributed by atoms with Gasteiger partial charge in [0.05, 0.1) is 16.9 Å². The number of alkyl halides is 1. The Morgan fingerprint density at radius 3 is 2.58 bits per heavy atom. The number of nitrogens with one attached hydrogen (secondary N) is 1. The minimum absolute atomic E-state index is 0.107.